The van der Waals surface area contributed by atoms with E-state index in [1.54, 1.807) is 0 Å². The summed E-state index contributed by atoms with van der Waals surface area (Å²) in [7, 11) is -3.87. The number of fused-ring (bicyclic) bond motifs is 1. The van der Waals surface area contributed by atoms with Crippen molar-refractivity contribution in [3.05, 3.63) is 91.1 Å². The average molecular weight is 383 g/mol. The lowest BCUT2D eigenvalue weighted by Gasteiger charge is -2.11. The largest absolute Gasteiger partial charge is 0.673 e. The minimum atomic E-state index is -6.00. The van der Waals surface area contributed by atoms with E-state index < -0.39 is 7.25 Å². The summed E-state index contributed by atoms with van der Waals surface area (Å²) in [5, 5.41) is 2.55. The van der Waals surface area contributed by atoms with Crippen LogP contribution in [-0.4, -0.2) is 7.25 Å². The maximum atomic E-state index is 9.75. The second-order valence-corrected chi connectivity index (χ2v) is 6.28. The zero-order chi connectivity index (χ0) is 20.1. The van der Waals surface area contributed by atoms with E-state index in [4.69, 9.17) is 0 Å². The van der Waals surface area contributed by atoms with Gasteiger partial charge in [0.25, 0.3) is 0 Å². The van der Waals surface area contributed by atoms with Crippen molar-refractivity contribution < 1.29 is 21.8 Å². The smallest absolute Gasteiger partial charge is 0.418 e. The van der Waals surface area contributed by atoms with Gasteiger partial charge in [-0.15, -0.1) is 0 Å². The van der Waals surface area contributed by atoms with E-state index in [0.29, 0.717) is 0 Å². The number of aromatic nitrogens is 1. The van der Waals surface area contributed by atoms with Crippen molar-refractivity contribution in [3.8, 4) is 22.4 Å². The van der Waals surface area contributed by atoms with Gasteiger partial charge in [0.1, 0.15) is 7.05 Å². The Balaban J connectivity index is 0.000000403. The Morgan fingerprint density at radius 2 is 1.11 bits per heavy atom. The molecule has 1 nitrogen and oxygen atoms in total. The topological polar surface area (TPSA) is 3.88 Å². The summed E-state index contributed by atoms with van der Waals surface area (Å²) >= 11 is 0. The molecule has 1 heterocycles. The number of hydrogen-bond donors (Lipinski definition) is 0. The monoisotopic (exact) mass is 383 g/mol. The van der Waals surface area contributed by atoms with Crippen LogP contribution in [0.2, 0.25) is 0 Å². The summed E-state index contributed by atoms with van der Waals surface area (Å²) in [5.41, 5.74) is 5.02. The standard InChI is InChI=1S/C22H18N.BF4/c1-23-16-19-14-8-9-15-20(19)21(17-10-4-2-5-11-17)22(23)18-12-6-3-7-13-18;2-1(3,4)5/h2-16H,1H3;/q+1;-1. The van der Waals surface area contributed by atoms with Crippen LogP contribution in [0.1, 0.15) is 0 Å². The van der Waals surface area contributed by atoms with E-state index in [2.05, 4.69) is 103 Å². The lowest BCUT2D eigenvalue weighted by atomic mass is 9.94. The van der Waals surface area contributed by atoms with Gasteiger partial charge in [0.2, 0.25) is 5.69 Å². The van der Waals surface area contributed by atoms with Crippen LogP contribution in [0.3, 0.4) is 0 Å². The Hall–Kier alpha value is -3.15. The Kier molecular flexibility index (Phi) is 5.78. The molecule has 0 saturated carbocycles. The van der Waals surface area contributed by atoms with Crippen molar-refractivity contribution in [1.29, 1.82) is 0 Å². The molecule has 0 spiro atoms. The molecule has 142 valence electrons. The van der Waals surface area contributed by atoms with Gasteiger partial charge >= 0.3 is 7.25 Å². The highest BCUT2D eigenvalue weighted by Gasteiger charge is 2.21. The summed E-state index contributed by atoms with van der Waals surface area (Å²) in [6.45, 7) is 0. The van der Waals surface area contributed by atoms with E-state index >= 15 is 0 Å². The first-order valence-electron chi connectivity index (χ1n) is 8.74. The number of pyridine rings is 1. The summed E-state index contributed by atoms with van der Waals surface area (Å²) in [6.07, 6.45) is 2.21. The lowest BCUT2D eigenvalue weighted by molar-refractivity contribution is -0.658. The maximum absolute atomic E-state index is 9.75. The fourth-order valence-corrected chi connectivity index (χ4v) is 3.26. The molecule has 0 aliphatic heterocycles. The maximum Gasteiger partial charge on any atom is 0.673 e. The van der Waals surface area contributed by atoms with Crippen molar-refractivity contribution in [2.24, 2.45) is 7.05 Å². The van der Waals surface area contributed by atoms with Crippen LogP contribution in [0.25, 0.3) is 33.2 Å². The number of hydrogen-bond acceptors (Lipinski definition) is 0. The van der Waals surface area contributed by atoms with Crippen molar-refractivity contribution in [2.75, 3.05) is 0 Å². The Morgan fingerprint density at radius 1 is 0.643 bits per heavy atom. The molecule has 0 radical (unpaired) electrons. The minimum Gasteiger partial charge on any atom is -0.418 e. The molecule has 4 rings (SSSR count). The van der Waals surface area contributed by atoms with E-state index in [0.717, 1.165) is 0 Å². The third-order valence-corrected chi connectivity index (χ3v) is 4.26. The van der Waals surface area contributed by atoms with Crippen LogP contribution in [0, 0.1) is 0 Å². The molecule has 1 aromatic heterocycles. The molecule has 0 amide bonds. The molecule has 0 bridgehead atoms. The minimum absolute atomic E-state index is 1.24. The first kappa shape index (κ1) is 19.6. The SMILES string of the molecule is C[n+]1cc2ccccc2c(-c2ccccc2)c1-c1ccccc1.F[B-](F)(F)F. The van der Waals surface area contributed by atoms with Gasteiger partial charge in [-0.1, -0.05) is 66.7 Å². The third kappa shape index (κ3) is 4.77. The molecule has 0 saturated heterocycles. The van der Waals surface area contributed by atoms with Crippen LogP contribution in [-0.2, 0) is 7.05 Å². The second-order valence-electron chi connectivity index (χ2n) is 6.28. The van der Waals surface area contributed by atoms with Crippen LogP contribution in [0.5, 0.6) is 0 Å². The Morgan fingerprint density at radius 3 is 1.68 bits per heavy atom. The molecule has 0 aliphatic carbocycles. The zero-order valence-electron chi connectivity index (χ0n) is 15.2. The van der Waals surface area contributed by atoms with E-state index in [9.17, 15) is 17.3 Å². The van der Waals surface area contributed by atoms with Gasteiger partial charge in [-0.3, -0.25) is 0 Å². The molecule has 0 atom stereocenters. The van der Waals surface area contributed by atoms with Gasteiger partial charge in [-0.25, -0.2) is 0 Å². The molecular formula is C22H18BF4N. The van der Waals surface area contributed by atoms with E-state index in [1.807, 2.05) is 0 Å². The molecule has 0 fully saturated rings. The Bertz CT molecular complexity index is 1060. The molecule has 28 heavy (non-hydrogen) atoms. The van der Waals surface area contributed by atoms with Gasteiger partial charge in [-0.2, -0.15) is 4.57 Å². The van der Waals surface area contributed by atoms with Crippen molar-refractivity contribution in [2.45, 2.75) is 0 Å². The van der Waals surface area contributed by atoms with Crippen molar-refractivity contribution in [3.63, 3.8) is 0 Å². The van der Waals surface area contributed by atoms with Gasteiger partial charge in [0, 0.05) is 16.3 Å². The lowest BCUT2D eigenvalue weighted by Crippen LogP contribution is -2.31. The number of nitrogens with zero attached hydrogens (tertiary/aromatic N) is 1. The van der Waals surface area contributed by atoms with Crippen LogP contribution in [0.15, 0.2) is 91.1 Å². The van der Waals surface area contributed by atoms with Crippen LogP contribution >= 0.6 is 0 Å². The highest BCUT2D eigenvalue weighted by Crippen LogP contribution is 2.35. The van der Waals surface area contributed by atoms with Crippen LogP contribution in [0.4, 0.5) is 17.3 Å². The summed E-state index contributed by atoms with van der Waals surface area (Å²) in [5.74, 6) is 0. The number of halogens is 4. The molecule has 0 aliphatic rings. The molecule has 6 heteroatoms. The van der Waals surface area contributed by atoms with Crippen LogP contribution < -0.4 is 4.57 Å². The normalized spacial score (nSPS) is 11.0. The molecule has 3 aromatic carbocycles. The first-order chi connectivity index (χ1) is 13.3. The van der Waals surface area contributed by atoms with Gasteiger partial charge in [0.15, 0.2) is 6.20 Å². The molecule has 4 aromatic rings. The quantitative estimate of drug-likeness (QED) is 0.217. The average Bonchev–Trinajstić information content (AvgIpc) is 2.67. The predicted octanol–water partition coefficient (Wildman–Crippen LogP) is 6.30. The second kappa shape index (κ2) is 8.25. The fraction of sp³-hybridized carbons (Fsp3) is 0.0455. The van der Waals surface area contributed by atoms with Gasteiger partial charge in [-0.05, 0) is 23.8 Å². The third-order valence-electron chi connectivity index (χ3n) is 4.26. The highest BCUT2D eigenvalue weighted by molar-refractivity contribution is 6.50. The number of benzene rings is 3. The molecule has 0 unspecified atom stereocenters. The fourth-order valence-electron chi connectivity index (χ4n) is 3.26. The Labute approximate surface area is 161 Å². The number of aryl methyl sites for hydroxylation is 1. The summed E-state index contributed by atoms with van der Waals surface area (Å²) < 4.78 is 41.2. The van der Waals surface area contributed by atoms with Crippen molar-refractivity contribution in [1.82, 2.24) is 0 Å². The van der Waals surface area contributed by atoms with E-state index in [-0.39, 0.29) is 0 Å². The van der Waals surface area contributed by atoms with Crippen molar-refractivity contribution >= 4 is 18.0 Å². The molecule has 0 N–H and O–H groups in total. The summed E-state index contributed by atoms with van der Waals surface area (Å²) in [6, 6.07) is 29.9. The predicted molar refractivity (Wildman–Crippen MR) is 106 cm³/mol. The zero-order valence-corrected chi connectivity index (χ0v) is 15.2. The summed E-state index contributed by atoms with van der Waals surface area (Å²) in [4.78, 5) is 0. The number of rotatable bonds is 2. The first-order valence-corrected chi connectivity index (χ1v) is 8.74. The molecular weight excluding hydrogens is 365 g/mol. The van der Waals surface area contributed by atoms with E-state index in [1.165, 1.54) is 33.2 Å². The van der Waals surface area contributed by atoms with Gasteiger partial charge in [0.05, 0.1) is 5.56 Å². The van der Waals surface area contributed by atoms with Gasteiger partial charge < -0.3 is 17.3 Å². The highest BCUT2D eigenvalue weighted by atomic mass is 19.5.